The molecule has 2 atom stereocenters. The molecular formula is C21H28N4O4. The van der Waals surface area contributed by atoms with Crippen LogP contribution in [-0.4, -0.2) is 64.9 Å². The molecule has 0 bridgehead atoms. The Labute approximate surface area is 170 Å². The first kappa shape index (κ1) is 20.0. The van der Waals surface area contributed by atoms with Gasteiger partial charge in [-0.3, -0.25) is 24.6 Å². The van der Waals surface area contributed by atoms with Gasteiger partial charge in [0.05, 0.1) is 13.2 Å². The average molecular weight is 400 g/mol. The number of morpholine rings is 1. The lowest BCUT2D eigenvalue weighted by molar-refractivity contribution is -0.136. The number of hydrogen-bond donors (Lipinski definition) is 2. The molecule has 1 aromatic carbocycles. The number of fused-ring (bicyclic) bond motifs is 1. The van der Waals surface area contributed by atoms with Gasteiger partial charge in [-0.1, -0.05) is 12.1 Å². The van der Waals surface area contributed by atoms with Gasteiger partial charge in [0.25, 0.3) is 5.91 Å². The Balaban J connectivity index is 1.60. The zero-order valence-electron chi connectivity index (χ0n) is 16.9. The van der Waals surface area contributed by atoms with Gasteiger partial charge >= 0.3 is 0 Å². The van der Waals surface area contributed by atoms with E-state index in [1.54, 1.807) is 4.90 Å². The largest absolute Gasteiger partial charge is 0.378 e. The SMILES string of the molecule is CC1(C)COCC(CN)N1Cc1cccc2c1CN(C1CCC(=O)NC1=O)C2=O. The summed E-state index contributed by atoms with van der Waals surface area (Å²) in [7, 11) is 0. The Bertz CT molecular complexity index is 853. The van der Waals surface area contributed by atoms with Gasteiger partial charge in [-0.15, -0.1) is 0 Å². The smallest absolute Gasteiger partial charge is 0.255 e. The van der Waals surface area contributed by atoms with Crippen molar-refractivity contribution in [3.05, 3.63) is 34.9 Å². The summed E-state index contributed by atoms with van der Waals surface area (Å²) in [5.74, 6) is -0.812. The zero-order valence-corrected chi connectivity index (χ0v) is 16.9. The second kappa shape index (κ2) is 7.51. The Morgan fingerprint density at radius 3 is 2.79 bits per heavy atom. The van der Waals surface area contributed by atoms with Crippen LogP contribution < -0.4 is 11.1 Å². The molecule has 29 heavy (non-hydrogen) atoms. The number of imide groups is 1. The molecule has 0 aromatic heterocycles. The van der Waals surface area contributed by atoms with Crippen molar-refractivity contribution in [3.8, 4) is 0 Å². The van der Waals surface area contributed by atoms with Gasteiger partial charge in [0.15, 0.2) is 0 Å². The summed E-state index contributed by atoms with van der Waals surface area (Å²) >= 11 is 0. The summed E-state index contributed by atoms with van der Waals surface area (Å²) in [5, 5.41) is 2.35. The molecule has 3 aliphatic rings. The Hall–Kier alpha value is -2.29. The molecule has 1 aromatic rings. The standard InChI is InChI=1S/C21H28N4O4/c1-21(2)12-29-11-14(8-22)25(21)9-13-4-3-5-15-16(13)10-24(20(15)28)17-6-7-18(26)23-19(17)27/h3-5,14,17H,6-12,22H2,1-2H3,(H,23,26,27). The monoisotopic (exact) mass is 400 g/mol. The molecule has 8 nitrogen and oxygen atoms in total. The predicted molar refractivity (Wildman–Crippen MR) is 106 cm³/mol. The molecule has 4 rings (SSSR count). The third-order valence-corrected chi connectivity index (χ3v) is 6.28. The second-order valence-electron chi connectivity index (χ2n) is 8.69. The number of ether oxygens (including phenoxy) is 1. The minimum Gasteiger partial charge on any atom is -0.378 e. The summed E-state index contributed by atoms with van der Waals surface area (Å²) in [6, 6.07) is 5.26. The van der Waals surface area contributed by atoms with E-state index in [2.05, 4.69) is 24.1 Å². The minimum atomic E-state index is -0.600. The van der Waals surface area contributed by atoms with Crippen molar-refractivity contribution in [2.24, 2.45) is 5.73 Å². The minimum absolute atomic E-state index is 0.109. The van der Waals surface area contributed by atoms with Gasteiger partial charge in [-0.2, -0.15) is 0 Å². The van der Waals surface area contributed by atoms with E-state index in [0.29, 0.717) is 44.8 Å². The number of rotatable bonds is 4. The van der Waals surface area contributed by atoms with E-state index < -0.39 is 6.04 Å². The first-order chi connectivity index (χ1) is 13.8. The van der Waals surface area contributed by atoms with Crippen molar-refractivity contribution >= 4 is 17.7 Å². The van der Waals surface area contributed by atoms with Crippen molar-refractivity contribution in [2.45, 2.75) is 57.4 Å². The van der Waals surface area contributed by atoms with Gasteiger partial charge in [0.2, 0.25) is 11.8 Å². The third kappa shape index (κ3) is 3.56. The van der Waals surface area contributed by atoms with Crippen LogP contribution in [-0.2, 0) is 27.4 Å². The highest BCUT2D eigenvalue weighted by Gasteiger charge is 2.41. The molecule has 156 valence electrons. The first-order valence-electron chi connectivity index (χ1n) is 10.1. The summed E-state index contributed by atoms with van der Waals surface area (Å²) in [6.45, 7) is 7.04. The zero-order chi connectivity index (χ0) is 20.8. The maximum absolute atomic E-state index is 13.0. The number of carbonyl (C=O) groups excluding carboxylic acids is 3. The fourth-order valence-electron chi connectivity index (χ4n) is 4.63. The molecule has 3 aliphatic heterocycles. The van der Waals surface area contributed by atoms with E-state index in [0.717, 1.165) is 11.1 Å². The Morgan fingerprint density at radius 2 is 2.07 bits per heavy atom. The Morgan fingerprint density at radius 1 is 1.28 bits per heavy atom. The molecule has 0 aliphatic carbocycles. The number of nitrogens with zero attached hydrogens (tertiary/aromatic N) is 2. The van der Waals surface area contributed by atoms with Crippen LogP contribution in [0.5, 0.6) is 0 Å². The molecule has 0 spiro atoms. The molecule has 3 heterocycles. The summed E-state index contributed by atoms with van der Waals surface area (Å²) in [4.78, 5) is 40.7. The van der Waals surface area contributed by atoms with Gasteiger partial charge < -0.3 is 15.4 Å². The van der Waals surface area contributed by atoms with Crippen LogP contribution in [0.2, 0.25) is 0 Å². The molecule has 8 heteroatoms. The topological polar surface area (TPSA) is 105 Å². The number of carbonyl (C=O) groups is 3. The quantitative estimate of drug-likeness (QED) is 0.709. The number of nitrogens with two attached hydrogens (primary N) is 1. The Kier molecular flexibility index (Phi) is 5.18. The maximum Gasteiger partial charge on any atom is 0.255 e. The van der Waals surface area contributed by atoms with Crippen LogP contribution in [0.15, 0.2) is 18.2 Å². The van der Waals surface area contributed by atoms with Crippen LogP contribution in [0.3, 0.4) is 0 Å². The first-order valence-corrected chi connectivity index (χ1v) is 10.1. The lowest BCUT2D eigenvalue weighted by atomic mass is 9.95. The van der Waals surface area contributed by atoms with Gasteiger partial charge in [0, 0.05) is 43.2 Å². The number of amides is 3. The van der Waals surface area contributed by atoms with E-state index in [-0.39, 0.29) is 35.7 Å². The predicted octanol–water partition coefficient (Wildman–Crippen LogP) is 0.386. The highest BCUT2D eigenvalue weighted by atomic mass is 16.5. The fourth-order valence-corrected chi connectivity index (χ4v) is 4.63. The molecule has 0 saturated carbocycles. The van der Waals surface area contributed by atoms with Gasteiger partial charge in [-0.05, 0) is 37.5 Å². The molecule has 3 N–H and O–H groups in total. The molecule has 2 unspecified atom stereocenters. The summed E-state index contributed by atoms with van der Waals surface area (Å²) in [6.07, 6.45) is 0.620. The van der Waals surface area contributed by atoms with E-state index in [1.807, 2.05) is 18.2 Å². The van der Waals surface area contributed by atoms with Gasteiger partial charge in [-0.25, -0.2) is 0 Å². The molecule has 0 radical (unpaired) electrons. The van der Waals surface area contributed by atoms with E-state index in [4.69, 9.17) is 10.5 Å². The van der Waals surface area contributed by atoms with Crippen molar-refractivity contribution in [1.82, 2.24) is 15.1 Å². The van der Waals surface area contributed by atoms with Crippen LogP contribution in [0.25, 0.3) is 0 Å². The number of benzene rings is 1. The van der Waals surface area contributed by atoms with E-state index in [9.17, 15) is 14.4 Å². The van der Waals surface area contributed by atoms with E-state index >= 15 is 0 Å². The van der Waals surface area contributed by atoms with Crippen molar-refractivity contribution in [2.75, 3.05) is 19.8 Å². The lowest BCUT2D eigenvalue weighted by Gasteiger charge is -2.47. The van der Waals surface area contributed by atoms with Crippen LogP contribution in [0.1, 0.15) is 48.2 Å². The molecule has 2 fully saturated rings. The van der Waals surface area contributed by atoms with Crippen LogP contribution in [0, 0.1) is 0 Å². The number of hydrogen-bond acceptors (Lipinski definition) is 6. The highest BCUT2D eigenvalue weighted by Crippen LogP contribution is 2.33. The molecular weight excluding hydrogens is 372 g/mol. The molecule has 2 saturated heterocycles. The maximum atomic E-state index is 13.0. The van der Waals surface area contributed by atoms with Crippen molar-refractivity contribution in [3.63, 3.8) is 0 Å². The fraction of sp³-hybridized carbons (Fsp3) is 0.571. The normalized spacial score (nSPS) is 27.1. The second-order valence-corrected chi connectivity index (χ2v) is 8.69. The molecule has 3 amide bonds. The number of nitrogens with one attached hydrogen (secondary N) is 1. The average Bonchev–Trinajstić information content (AvgIpc) is 3.01. The third-order valence-electron chi connectivity index (χ3n) is 6.28. The highest BCUT2D eigenvalue weighted by molar-refractivity contribution is 6.05. The van der Waals surface area contributed by atoms with Crippen molar-refractivity contribution in [1.29, 1.82) is 0 Å². The van der Waals surface area contributed by atoms with E-state index in [1.165, 1.54) is 0 Å². The summed E-state index contributed by atoms with van der Waals surface area (Å²) < 4.78 is 5.73. The summed E-state index contributed by atoms with van der Waals surface area (Å²) in [5.41, 5.74) is 8.49. The van der Waals surface area contributed by atoms with Gasteiger partial charge in [0.1, 0.15) is 6.04 Å². The van der Waals surface area contributed by atoms with Crippen LogP contribution >= 0.6 is 0 Å². The van der Waals surface area contributed by atoms with Crippen LogP contribution in [0.4, 0.5) is 0 Å². The number of piperidine rings is 1. The lowest BCUT2D eigenvalue weighted by Crippen LogP contribution is -2.60. The van der Waals surface area contributed by atoms with Crippen molar-refractivity contribution < 1.29 is 19.1 Å².